The van der Waals surface area contributed by atoms with Crippen LogP contribution in [0, 0.1) is 12.8 Å². The van der Waals surface area contributed by atoms with Gasteiger partial charge in [0.25, 0.3) is 0 Å². The van der Waals surface area contributed by atoms with Gasteiger partial charge in [-0.2, -0.15) is 0 Å². The molecule has 1 aromatic carbocycles. The summed E-state index contributed by atoms with van der Waals surface area (Å²) in [5.41, 5.74) is 2.51. The molecule has 2 N–H and O–H groups in total. The zero-order valence-corrected chi connectivity index (χ0v) is 12.3. The highest BCUT2D eigenvalue weighted by Gasteiger charge is 2.21. The van der Waals surface area contributed by atoms with E-state index < -0.39 is 0 Å². The number of aliphatic hydroxyl groups is 1. The van der Waals surface area contributed by atoms with Gasteiger partial charge in [-0.25, -0.2) is 0 Å². The summed E-state index contributed by atoms with van der Waals surface area (Å²) in [6, 6.07) is 8.54. The van der Waals surface area contributed by atoms with Crippen molar-refractivity contribution in [1.29, 1.82) is 0 Å². The van der Waals surface area contributed by atoms with Crippen molar-refractivity contribution in [3.05, 3.63) is 35.4 Å². The van der Waals surface area contributed by atoms with Crippen LogP contribution in [0.2, 0.25) is 0 Å². The van der Waals surface area contributed by atoms with Crippen LogP contribution >= 0.6 is 0 Å². The second kappa shape index (κ2) is 7.44. The standard InChI is InChI=1S/C17H25NO2/c1-13-4-2-3-5-15(13)8-11-17(20)18-16-9-6-14(12-19)7-10-16/h2-5,14,16,19H,6-12H2,1H3,(H,18,20). The summed E-state index contributed by atoms with van der Waals surface area (Å²) < 4.78 is 0. The Morgan fingerprint density at radius 2 is 1.95 bits per heavy atom. The van der Waals surface area contributed by atoms with Gasteiger partial charge in [0.1, 0.15) is 0 Å². The molecule has 20 heavy (non-hydrogen) atoms. The predicted octanol–water partition coefficient (Wildman–Crippen LogP) is 2.59. The van der Waals surface area contributed by atoms with Gasteiger partial charge in [-0.3, -0.25) is 4.79 Å². The molecule has 0 radical (unpaired) electrons. The Morgan fingerprint density at radius 3 is 2.60 bits per heavy atom. The third-order valence-electron chi connectivity index (χ3n) is 4.35. The number of benzene rings is 1. The predicted molar refractivity (Wildman–Crippen MR) is 80.5 cm³/mol. The average Bonchev–Trinajstić information content (AvgIpc) is 2.47. The van der Waals surface area contributed by atoms with Crippen LogP contribution in [0.4, 0.5) is 0 Å². The summed E-state index contributed by atoms with van der Waals surface area (Å²) in [6.07, 6.45) is 5.43. The van der Waals surface area contributed by atoms with Crippen LogP contribution < -0.4 is 5.32 Å². The van der Waals surface area contributed by atoms with Crippen LogP contribution in [0.25, 0.3) is 0 Å². The molecular weight excluding hydrogens is 250 g/mol. The quantitative estimate of drug-likeness (QED) is 0.868. The Hall–Kier alpha value is -1.35. The third kappa shape index (κ3) is 4.34. The Morgan fingerprint density at radius 1 is 1.25 bits per heavy atom. The maximum atomic E-state index is 12.0. The summed E-state index contributed by atoms with van der Waals surface area (Å²) in [5.74, 6) is 0.593. The topological polar surface area (TPSA) is 49.3 Å². The van der Waals surface area contributed by atoms with Gasteiger partial charge in [0.2, 0.25) is 5.91 Å². The smallest absolute Gasteiger partial charge is 0.220 e. The van der Waals surface area contributed by atoms with E-state index >= 15 is 0 Å². The minimum atomic E-state index is 0.153. The fraction of sp³-hybridized carbons (Fsp3) is 0.588. The van der Waals surface area contributed by atoms with Gasteiger partial charge in [-0.1, -0.05) is 24.3 Å². The number of rotatable bonds is 5. The van der Waals surface area contributed by atoms with E-state index in [0.717, 1.165) is 32.1 Å². The van der Waals surface area contributed by atoms with Gasteiger partial charge in [0.15, 0.2) is 0 Å². The number of nitrogens with one attached hydrogen (secondary N) is 1. The molecule has 3 heteroatoms. The van der Waals surface area contributed by atoms with Gasteiger partial charge < -0.3 is 10.4 Å². The first kappa shape index (κ1) is 15.0. The summed E-state index contributed by atoms with van der Waals surface area (Å²) in [4.78, 5) is 12.0. The van der Waals surface area contributed by atoms with E-state index in [0.29, 0.717) is 18.4 Å². The van der Waals surface area contributed by atoms with Crippen LogP contribution in [0.5, 0.6) is 0 Å². The molecular formula is C17H25NO2. The molecule has 0 saturated heterocycles. The third-order valence-corrected chi connectivity index (χ3v) is 4.35. The molecule has 0 bridgehead atoms. The van der Waals surface area contributed by atoms with Gasteiger partial charge in [-0.15, -0.1) is 0 Å². The molecule has 3 nitrogen and oxygen atoms in total. The van der Waals surface area contributed by atoms with Crippen LogP contribution in [0.1, 0.15) is 43.2 Å². The Balaban J connectivity index is 1.72. The van der Waals surface area contributed by atoms with Gasteiger partial charge in [0, 0.05) is 19.1 Å². The molecule has 0 aromatic heterocycles. The Labute approximate surface area is 121 Å². The largest absolute Gasteiger partial charge is 0.396 e. The minimum Gasteiger partial charge on any atom is -0.396 e. The molecule has 2 rings (SSSR count). The van der Waals surface area contributed by atoms with Gasteiger partial charge >= 0.3 is 0 Å². The number of carbonyl (C=O) groups excluding carboxylic acids is 1. The van der Waals surface area contributed by atoms with Gasteiger partial charge in [0.05, 0.1) is 0 Å². The second-order valence-electron chi connectivity index (χ2n) is 5.89. The van der Waals surface area contributed by atoms with Crippen molar-refractivity contribution in [3.63, 3.8) is 0 Å². The van der Waals surface area contributed by atoms with Crippen LogP contribution in [0.3, 0.4) is 0 Å². The summed E-state index contributed by atoms with van der Waals surface area (Å²) in [5, 5.41) is 12.2. The van der Waals surface area contributed by atoms with Gasteiger partial charge in [-0.05, 0) is 56.1 Å². The van der Waals surface area contributed by atoms with Crippen LogP contribution in [0.15, 0.2) is 24.3 Å². The monoisotopic (exact) mass is 275 g/mol. The molecule has 1 fully saturated rings. The van der Waals surface area contributed by atoms with E-state index in [9.17, 15) is 4.79 Å². The number of carbonyl (C=O) groups is 1. The lowest BCUT2D eigenvalue weighted by molar-refractivity contribution is -0.122. The fourth-order valence-electron chi connectivity index (χ4n) is 2.93. The van der Waals surface area contributed by atoms with Crippen molar-refractivity contribution in [2.24, 2.45) is 5.92 Å². The lowest BCUT2D eigenvalue weighted by Gasteiger charge is -2.28. The number of aliphatic hydroxyl groups excluding tert-OH is 1. The molecule has 1 aliphatic rings. The first-order chi connectivity index (χ1) is 9.69. The van der Waals surface area contributed by atoms with E-state index in [1.54, 1.807) is 0 Å². The highest BCUT2D eigenvalue weighted by molar-refractivity contribution is 5.76. The van der Waals surface area contributed by atoms with E-state index in [-0.39, 0.29) is 12.5 Å². The molecule has 1 aliphatic carbocycles. The molecule has 1 amide bonds. The van der Waals surface area contributed by atoms with Crippen molar-refractivity contribution < 1.29 is 9.90 Å². The summed E-state index contributed by atoms with van der Waals surface area (Å²) in [7, 11) is 0. The van der Waals surface area contributed by atoms with E-state index in [1.807, 2.05) is 12.1 Å². The van der Waals surface area contributed by atoms with Crippen molar-refractivity contribution >= 4 is 5.91 Å². The first-order valence-electron chi connectivity index (χ1n) is 7.63. The number of aryl methyl sites for hydroxylation is 2. The molecule has 0 heterocycles. The van der Waals surface area contributed by atoms with E-state index in [1.165, 1.54) is 11.1 Å². The molecule has 110 valence electrons. The Bertz CT molecular complexity index is 436. The summed E-state index contributed by atoms with van der Waals surface area (Å²) >= 11 is 0. The molecule has 0 aliphatic heterocycles. The van der Waals surface area contributed by atoms with E-state index in [4.69, 9.17) is 5.11 Å². The van der Waals surface area contributed by atoms with Crippen molar-refractivity contribution in [2.75, 3.05) is 6.61 Å². The van der Waals surface area contributed by atoms with Crippen molar-refractivity contribution in [2.45, 2.75) is 51.5 Å². The maximum Gasteiger partial charge on any atom is 0.220 e. The number of hydrogen-bond donors (Lipinski definition) is 2. The molecule has 1 saturated carbocycles. The highest BCUT2D eigenvalue weighted by Crippen LogP contribution is 2.23. The molecule has 0 spiro atoms. The zero-order chi connectivity index (χ0) is 14.4. The van der Waals surface area contributed by atoms with Crippen molar-refractivity contribution in [1.82, 2.24) is 5.32 Å². The lowest BCUT2D eigenvalue weighted by Crippen LogP contribution is -2.38. The summed E-state index contributed by atoms with van der Waals surface area (Å²) in [6.45, 7) is 2.37. The van der Waals surface area contributed by atoms with E-state index in [2.05, 4.69) is 24.4 Å². The van der Waals surface area contributed by atoms with Crippen LogP contribution in [-0.4, -0.2) is 23.7 Å². The second-order valence-corrected chi connectivity index (χ2v) is 5.89. The normalized spacial score (nSPS) is 22.5. The number of amides is 1. The fourth-order valence-corrected chi connectivity index (χ4v) is 2.93. The molecule has 1 aromatic rings. The van der Waals surface area contributed by atoms with Crippen molar-refractivity contribution in [3.8, 4) is 0 Å². The first-order valence-corrected chi connectivity index (χ1v) is 7.63. The Kier molecular flexibility index (Phi) is 5.60. The number of hydrogen-bond acceptors (Lipinski definition) is 2. The molecule has 0 atom stereocenters. The average molecular weight is 275 g/mol. The lowest BCUT2D eigenvalue weighted by atomic mass is 9.86. The zero-order valence-electron chi connectivity index (χ0n) is 12.3. The molecule has 0 unspecified atom stereocenters. The minimum absolute atomic E-state index is 0.153. The van der Waals surface area contributed by atoms with Crippen LogP contribution in [-0.2, 0) is 11.2 Å². The SMILES string of the molecule is Cc1ccccc1CCC(=O)NC1CCC(CO)CC1. The highest BCUT2D eigenvalue weighted by atomic mass is 16.3. The maximum absolute atomic E-state index is 12.0.